The first-order chi connectivity index (χ1) is 9.88. The molecule has 21 heavy (non-hydrogen) atoms. The lowest BCUT2D eigenvalue weighted by atomic mass is 10.0. The Morgan fingerprint density at radius 1 is 1.14 bits per heavy atom. The van der Waals surface area contributed by atoms with Gasteiger partial charge in [-0.2, -0.15) is 0 Å². The van der Waals surface area contributed by atoms with Gasteiger partial charge in [-0.15, -0.1) is 0 Å². The number of hydrogen-bond donors (Lipinski definition) is 1. The molecule has 0 amide bonds. The topological polar surface area (TPSA) is 37.3 Å². The second-order valence-corrected chi connectivity index (χ2v) is 5.51. The molecule has 0 aromatic heterocycles. The van der Waals surface area contributed by atoms with Crippen LogP contribution < -0.4 is 0 Å². The van der Waals surface area contributed by atoms with Gasteiger partial charge in [0.25, 0.3) is 0 Å². The third-order valence-corrected chi connectivity index (χ3v) is 3.42. The maximum absolute atomic E-state index is 13.5. The van der Waals surface area contributed by atoms with Gasteiger partial charge in [0.05, 0.1) is 0 Å². The monoisotopic (exact) mass is 330 g/mol. The first-order valence-electron chi connectivity index (χ1n) is 5.96. The zero-order valence-electron chi connectivity index (χ0n) is 10.6. The maximum Gasteiger partial charge on any atom is 0.167 e. The molecule has 0 heterocycles. The van der Waals surface area contributed by atoms with Gasteiger partial charge in [-0.05, 0) is 29.8 Å². The quantitative estimate of drug-likeness (QED) is 0.658. The Balaban J connectivity index is 2.26. The number of carbonyl (C=O) groups is 1. The normalized spacial score (nSPS) is 10.9. The van der Waals surface area contributed by atoms with Crippen LogP contribution in [0.2, 0.25) is 0 Å². The highest BCUT2D eigenvalue weighted by atomic mass is 35.5. The van der Waals surface area contributed by atoms with Gasteiger partial charge in [-0.25, -0.2) is 8.78 Å². The second kappa shape index (κ2) is 6.41. The van der Waals surface area contributed by atoms with Crippen LogP contribution in [0.4, 0.5) is 8.78 Å². The van der Waals surface area contributed by atoms with Crippen molar-refractivity contribution < 1.29 is 18.7 Å². The molecule has 0 unspecified atom stereocenters. The molecule has 2 nitrogen and oxygen atoms in total. The predicted octanol–water partition coefficient (Wildman–Crippen LogP) is 4.57. The molecule has 2 rings (SSSR count). The van der Waals surface area contributed by atoms with E-state index in [4.69, 9.17) is 23.2 Å². The minimum absolute atomic E-state index is 0.0873. The van der Waals surface area contributed by atoms with Crippen LogP contribution in [0.25, 0.3) is 0 Å². The average molecular weight is 331 g/mol. The van der Waals surface area contributed by atoms with Gasteiger partial charge >= 0.3 is 0 Å². The van der Waals surface area contributed by atoms with Crippen molar-refractivity contribution in [2.45, 2.75) is 11.3 Å². The van der Waals surface area contributed by atoms with Crippen LogP contribution in [0.1, 0.15) is 26.3 Å². The number of benzene rings is 2. The Labute approximate surface area is 129 Å². The molecule has 2 aromatic rings. The maximum atomic E-state index is 13.5. The number of phenols is 1. The number of halogens is 4. The van der Waals surface area contributed by atoms with E-state index in [1.807, 2.05) is 0 Å². The van der Waals surface area contributed by atoms with E-state index in [1.54, 1.807) is 0 Å². The van der Waals surface area contributed by atoms with Crippen molar-refractivity contribution in [1.29, 1.82) is 0 Å². The molecule has 0 bridgehead atoms. The fourth-order valence-corrected chi connectivity index (χ4v) is 2.19. The number of carbonyl (C=O) groups excluding carboxylic acids is 1. The third-order valence-electron chi connectivity index (χ3n) is 2.95. The summed E-state index contributed by atoms with van der Waals surface area (Å²) in [6.45, 7) is 0. The fourth-order valence-electron chi connectivity index (χ4n) is 1.84. The SMILES string of the molecule is O=C(Cc1ccc(F)cc1F)c1ccc(O)c(C(Cl)Cl)c1. The van der Waals surface area contributed by atoms with Crippen LogP contribution in [0, 0.1) is 11.6 Å². The summed E-state index contributed by atoms with van der Waals surface area (Å²) in [6, 6.07) is 7.06. The highest BCUT2D eigenvalue weighted by Crippen LogP contribution is 2.32. The molecule has 1 N–H and O–H groups in total. The van der Waals surface area contributed by atoms with Gasteiger partial charge in [0.1, 0.15) is 22.2 Å². The smallest absolute Gasteiger partial charge is 0.167 e. The molecule has 0 radical (unpaired) electrons. The molecule has 0 fully saturated rings. The first-order valence-corrected chi connectivity index (χ1v) is 6.84. The highest BCUT2D eigenvalue weighted by Gasteiger charge is 2.15. The minimum atomic E-state index is -0.986. The summed E-state index contributed by atoms with van der Waals surface area (Å²) in [4.78, 5) is 11.1. The molecule has 0 aliphatic carbocycles. The van der Waals surface area contributed by atoms with Gasteiger partial charge in [-0.1, -0.05) is 29.3 Å². The average Bonchev–Trinajstić information content (AvgIpc) is 2.42. The Hall–Kier alpha value is -1.65. The van der Waals surface area contributed by atoms with E-state index >= 15 is 0 Å². The summed E-state index contributed by atoms with van der Waals surface area (Å²) >= 11 is 11.4. The summed E-state index contributed by atoms with van der Waals surface area (Å²) in [5, 5.41) is 9.57. The summed E-state index contributed by atoms with van der Waals surface area (Å²) in [6.07, 6.45) is -0.231. The number of Topliss-reactive ketones (excluding diaryl/α,β-unsaturated/α-hetero) is 1. The molecule has 6 heteroatoms. The summed E-state index contributed by atoms with van der Waals surface area (Å²) in [7, 11) is 0. The zero-order valence-corrected chi connectivity index (χ0v) is 12.1. The number of alkyl halides is 2. The Kier molecular flexibility index (Phi) is 4.80. The number of aromatic hydroxyl groups is 1. The third kappa shape index (κ3) is 3.71. The largest absolute Gasteiger partial charge is 0.508 e. The Bertz CT molecular complexity index is 687. The van der Waals surface area contributed by atoms with Crippen molar-refractivity contribution in [2.75, 3.05) is 0 Å². The van der Waals surface area contributed by atoms with E-state index in [0.29, 0.717) is 0 Å². The van der Waals surface area contributed by atoms with E-state index in [0.717, 1.165) is 12.1 Å². The zero-order chi connectivity index (χ0) is 15.6. The standard InChI is InChI=1S/C15H10Cl2F2O2/c16-15(17)11-5-9(2-4-13(11)20)14(21)6-8-1-3-10(18)7-12(8)19/h1-5,7,15,20H,6H2. The van der Waals surface area contributed by atoms with Gasteiger partial charge in [0.2, 0.25) is 0 Å². The van der Waals surface area contributed by atoms with Crippen LogP contribution in [0.5, 0.6) is 5.75 Å². The Morgan fingerprint density at radius 3 is 2.48 bits per heavy atom. The first kappa shape index (κ1) is 15.7. The molecule has 0 spiro atoms. The molecule has 0 saturated carbocycles. The highest BCUT2D eigenvalue weighted by molar-refractivity contribution is 6.44. The number of ketones is 1. The van der Waals surface area contributed by atoms with E-state index < -0.39 is 22.3 Å². The second-order valence-electron chi connectivity index (χ2n) is 4.41. The van der Waals surface area contributed by atoms with E-state index in [-0.39, 0.29) is 28.9 Å². The number of hydrogen-bond acceptors (Lipinski definition) is 2. The van der Waals surface area contributed by atoms with Gasteiger partial charge < -0.3 is 5.11 Å². The van der Waals surface area contributed by atoms with Crippen LogP contribution in [0.3, 0.4) is 0 Å². The van der Waals surface area contributed by atoms with Crippen LogP contribution >= 0.6 is 23.2 Å². The summed E-state index contributed by atoms with van der Waals surface area (Å²) < 4.78 is 26.3. The van der Waals surface area contributed by atoms with E-state index in [9.17, 15) is 18.7 Å². The van der Waals surface area contributed by atoms with Gasteiger partial charge in [0.15, 0.2) is 5.78 Å². The lowest BCUT2D eigenvalue weighted by molar-refractivity contribution is 0.0991. The fraction of sp³-hybridized carbons (Fsp3) is 0.133. The van der Waals surface area contributed by atoms with Crippen LogP contribution in [-0.2, 0) is 6.42 Å². The Morgan fingerprint density at radius 2 is 1.86 bits per heavy atom. The summed E-state index contributed by atoms with van der Waals surface area (Å²) in [5.41, 5.74) is 0.519. The molecule has 110 valence electrons. The molecule has 0 aliphatic heterocycles. The van der Waals surface area contributed by atoms with Crippen molar-refractivity contribution in [3.8, 4) is 5.75 Å². The van der Waals surface area contributed by atoms with E-state index in [1.165, 1.54) is 24.3 Å². The lowest BCUT2D eigenvalue weighted by Crippen LogP contribution is -2.06. The van der Waals surface area contributed by atoms with Gasteiger partial charge in [0, 0.05) is 23.6 Å². The van der Waals surface area contributed by atoms with Crippen molar-refractivity contribution in [3.05, 3.63) is 64.7 Å². The van der Waals surface area contributed by atoms with Crippen molar-refractivity contribution in [2.24, 2.45) is 0 Å². The molecular formula is C15H10Cl2F2O2. The molecule has 0 saturated heterocycles. The predicted molar refractivity (Wildman–Crippen MR) is 76.9 cm³/mol. The van der Waals surface area contributed by atoms with Crippen molar-refractivity contribution in [1.82, 2.24) is 0 Å². The molecule has 0 atom stereocenters. The lowest BCUT2D eigenvalue weighted by Gasteiger charge is -2.08. The minimum Gasteiger partial charge on any atom is -0.508 e. The number of phenolic OH excluding ortho intramolecular Hbond substituents is 1. The van der Waals surface area contributed by atoms with Gasteiger partial charge in [-0.3, -0.25) is 4.79 Å². The molecule has 2 aromatic carbocycles. The number of rotatable bonds is 4. The molecule has 0 aliphatic rings. The molecular weight excluding hydrogens is 321 g/mol. The van der Waals surface area contributed by atoms with Crippen LogP contribution in [-0.4, -0.2) is 10.9 Å². The van der Waals surface area contributed by atoms with E-state index in [2.05, 4.69) is 0 Å². The van der Waals surface area contributed by atoms with Crippen molar-refractivity contribution in [3.63, 3.8) is 0 Å². The van der Waals surface area contributed by atoms with Crippen molar-refractivity contribution >= 4 is 29.0 Å². The summed E-state index contributed by atoms with van der Waals surface area (Å²) in [5.74, 6) is -2.01. The van der Waals surface area contributed by atoms with Crippen LogP contribution in [0.15, 0.2) is 36.4 Å².